The zero-order chi connectivity index (χ0) is 10.7. The standard InChI is InChI=1S/C8H8ClN3O2/c1-11-8-5(4-10)2-6(12(13)14)3-7(8)9/h2-4,10-11H,1H3. The van der Waals surface area contributed by atoms with Crippen LogP contribution in [0, 0.1) is 15.5 Å². The largest absolute Gasteiger partial charge is 0.386 e. The van der Waals surface area contributed by atoms with Crippen molar-refractivity contribution in [1.82, 2.24) is 0 Å². The number of hydrogen-bond acceptors (Lipinski definition) is 4. The van der Waals surface area contributed by atoms with Gasteiger partial charge in [0.05, 0.1) is 15.6 Å². The lowest BCUT2D eigenvalue weighted by Gasteiger charge is -2.06. The van der Waals surface area contributed by atoms with Crippen LogP contribution in [0.15, 0.2) is 12.1 Å². The van der Waals surface area contributed by atoms with Crippen molar-refractivity contribution in [1.29, 1.82) is 5.41 Å². The molecule has 0 amide bonds. The fraction of sp³-hybridized carbons (Fsp3) is 0.125. The normalized spacial score (nSPS) is 9.57. The second-order valence-corrected chi connectivity index (χ2v) is 2.95. The highest BCUT2D eigenvalue weighted by Crippen LogP contribution is 2.29. The molecule has 0 aliphatic carbocycles. The minimum atomic E-state index is -0.543. The zero-order valence-corrected chi connectivity index (χ0v) is 8.13. The minimum Gasteiger partial charge on any atom is -0.386 e. The third-order valence-electron chi connectivity index (χ3n) is 1.72. The highest BCUT2D eigenvalue weighted by molar-refractivity contribution is 6.34. The molecule has 5 nitrogen and oxygen atoms in total. The number of anilines is 1. The van der Waals surface area contributed by atoms with Crippen LogP contribution in [0.2, 0.25) is 5.02 Å². The molecule has 0 bridgehead atoms. The van der Waals surface area contributed by atoms with Crippen molar-refractivity contribution >= 4 is 29.2 Å². The lowest BCUT2D eigenvalue weighted by molar-refractivity contribution is -0.384. The van der Waals surface area contributed by atoms with Gasteiger partial charge in [0.25, 0.3) is 5.69 Å². The predicted octanol–water partition coefficient (Wildman–Crippen LogP) is 2.29. The second kappa shape index (κ2) is 4.06. The summed E-state index contributed by atoms with van der Waals surface area (Å²) in [6.07, 6.45) is 1.02. The van der Waals surface area contributed by atoms with E-state index in [1.54, 1.807) is 7.05 Å². The van der Waals surface area contributed by atoms with Crippen LogP contribution in [0.5, 0.6) is 0 Å². The molecule has 0 saturated heterocycles. The highest BCUT2D eigenvalue weighted by atomic mass is 35.5. The van der Waals surface area contributed by atoms with Gasteiger partial charge >= 0.3 is 0 Å². The van der Waals surface area contributed by atoms with Gasteiger partial charge in [0.2, 0.25) is 0 Å². The molecule has 0 aromatic heterocycles. The third-order valence-corrected chi connectivity index (χ3v) is 2.02. The summed E-state index contributed by atoms with van der Waals surface area (Å²) in [6, 6.07) is 2.55. The molecule has 74 valence electrons. The molecular formula is C8H8ClN3O2. The number of halogens is 1. The zero-order valence-electron chi connectivity index (χ0n) is 7.37. The van der Waals surface area contributed by atoms with Gasteiger partial charge in [-0.2, -0.15) is 0 Å². The molecule has 1 aromatic rings. The van der Waals surface area contributed by atoms with Gasteiger partial charge in [-0.1, -0.05) is 11.6 Å². The second-order valence-electron chi connectivity index (χ2n) is 2.54. The Bertz CT molecular complexity index is 392. The quantitative estimate of drug-likeness (QED) is 0.459. The smallest absolute Gasteiger partial charge is 0.271 e. The van der Waals surface area contributed by atoms with Gasteiger partial charge < -0.3 is 10.7 Å². The first-order valence-electron chi connectivity index (χ1n) is 3.76. The fourth-order valence-corrected chi connectivity index (χ4v) is 1.41. The van der Waals surface area contributed by atoms with E-state index in [1.807, 2.05) is 0 Å². The van der Waals surface area contributed by atoms with Gasteiger partial charge in [0.1, 0.15) is 0 Å². The molecule has 1 rings (SSSR count). The van der Waals surface area contributed by atoms with Crippen LogP contribution in [0.4, 0.5) is 11.4 Å². The van der Waals surface area contributed by atoms with E-state index in [4.69, 9.17) is 17.0 Å². The maximum Gasteiger partial charge on any atom is 0.271 e. The summed E-state index contributed by atoms with van der Waals surface area (Å²) in [5.74, 6) is 0. The van der Waals surface area contributed by atoms with Crippen molar-refractivity contribution in [3.8, 4) is 0 Å². The van der Waals surface area contributed by atoms with E-state index in [9.17, 15) is 10.1 Å². The molecule has 0 aliphatic heterocycles. The Kier molecular flexibility index (Phi) is 3.03. The van der Waals surface area contributed by atoms with Crippen molar-refractivity contribution in [3.05, 3.63) is 32.8 Å². The average Bonchev–Trinajstić information content (AvgIpc) is 2.16. The fourth-order valence-electron chi connectivity index (χ4n) is 1.10. The summed E-state index contributed by atoms with van der Waals surface area (Å²) in [7, 11) is 1.64. The summed E-state index contributed by atoms with van der Waals surface area (Å²) in [5, 5.41) is 20.6. The van der Waals surface area contributed by atoms with Crippen LogP contribution in [0.1, 0.15) is 5.56 Å². The molecule has 0 radical (unpaired) electrons. The van der Waals surface area contributed by atoms with E-state index in [0.29, 0.717) is 11.3 Å². The molecule has 14 heavy (non-hydrogen) atoms. The van der Waals surface area contributed by atoms with Gasteiger partial charge in [0.15, 0.2) is 0 Å². The summed E-state index contributed by atoms with van der Waals surface area (Å²) < 4.78 is 0. The van der Waals surface area contributed by atoms with E-state index in [1.165, 1.54) is 12.1 Å². The SMILES string of the molecule is CNc1c(Cl)cc([N+](=O)[O-])cc1C=N. The van der Waals surface area contributed by atoms with Crippen LogP contribution in [0.25, 0.3) is 0 Å². The number of benzene rings is 1. The maximum absolute atomic E-state index is 10.5. The number of nitro benzene ring substituents is 1. The van der Waals surface area contributed by atoms with Crippen molar-refractivity contribution in [3.63, 3.8) is 0 Å². The van der Waals surface area contributed by atoms with Gasteiger partial charge in [0, 0.05) is 31.0 Å². The molecule has 0 saturated carbocycles. The summed E-state index contributed by atoms with van der Waals surface area (Å²) in [6.45, 7) is 0. The predicted molar refractivity (Wildman–Crippen MR) is 55.5 cm³/mol. The number of nitrogens with one attached hydrogen (secondary N) is 2. The monoisotopic (exact) mass is 213 g/mol. The van der Waals surface area contributed by atoms with E-state index in [2.05, 4.69) is 5.32 Å². The molecule has 0 spiro atoms. The van der Waals surface area contributed by atoms with E-state index in [0.717, 1.165) is 6.21 Å². The Morgan fingerprint density at radius 2 is 2.29 bits per heavy atom. The number of nitro groups is 1. The average molecular weight is 214 g/mol. The molecule has 0 heterocycles. The first-order valence-corrected chi connectivity index (χ1v) is 4.14. The molecule has 2 N–H and O–H groups in total. The van der Waals surface area contributed by atoms with Crippen LogP contribution < -0.4 is 5.32 Å². The lowest BCUT2D eigenvalue weighted by Crippen LogP contribution is -1.98. The Labute approximate surface area is 85.4 Å². The molecule has 0 atom stereocenters. The molecule has 0 unspecified atom stereocenters. The van der Waals surface area contributed by atoms with Crippen molar-refractivity contribution in [2.45, 2.75) is 0 Å². The van der Waals surface area contributed by atoms with Gasteiger partial charge in [-0.25, -0.2) is 0 Å². The van der Waals surface area contributed by atoms with E-state index < -0.39 is 4.92 Å². The molecule has 0 aliphatic rings. The molecular weight excluding hydrogens is 206 g/mol. The minimum absolute atomic E-state index is 0.118. The summed E-state index contributed by atoms with van der Waals surface area (Å²) >= 11 is 5.79. The molecule has 1 aromatic carbocycles. The van der Waals surface area contributed by atoms with Crippen molar-refractivity contribution in [2.24, 2.45) is 0 Å². The van der Waals surface area contributed by atoms with E-state index >= 15 is 0 Å². The molecule has 0 fully saturated rings. The van der Waals surface area contributed by atoms with Crippen LogP contribution >= 0.6 is 11.6 Å². The first kappa shape index (κ1) is 10.5. The van der Waals surface area contributed by atoms with Crippen molar-refractivity contribution in [2.75, 3.05) is 12.4 Å². The lowest BCUT2D eigenvalue weighted by atomic mass is 10.1. The number of rotatable bonds is 3. The Balaban J connectivity index is 3.38. The van der Waals surface area contributed by atoms with Gasteiger partial charge in [-0.3, -0.25) is 10.1 Å². The Morgan fingerprint density at radius 1 is 1.64 bits per heavy atom. The summed E-state index contributed by atoms with van der Waals surface area (Å²) in [5.41, 5.74) is 0.798. The Morgan fingerprint density at radius 3 is 2.71 bits per heavy atom. The van der Waals surface area contributed by atoms with Crippen LogP contribution in [-0.2, 0) is 0 Å². The topological polar surface area (TPSA) is 79.0 Å². The number of nitrogens with zero attached hydrogens (tertiary/aromatic N) is 1. The summed E-state index contributed by atoms with van der Waals surface area (Å²) in [4.78, 5) is 9.93. The van der Waals surface area contributed by atoms with Gasteiger partial charge in [-0.15, -0.1) is 0 Å². The van der Waals surface area contributed by atoms with Gasteiger partial charge in [-0.05, 0) is 0 Å². The number of non-ortho nitro benzene ring substituents is 1. The molecule has 6 heteroatoms. The van der Waals surface area contributed by atoms with Crippen molar-refractivity contribution < 1.29 is 4.92 Å². The maximum atomic E-state index is 10.5. The van der Waals surface area contributed by atoms with Crippen LogP contribution in [0.3, 0.4) is 0 Å². The first-order chi connectivity index (χ1) is 6.60. The van der Waals surface area contributed by atoms with E-state index in [-0.39, 0.29) is 10.7 Å². The highest BCUT2D eigenvalue weighted by Gasteiger charge is 2.13. The third kappa shape index (κ3) is 1.82. The van der Waals surface area contributed by atoms with Crippen LogP contribution in [-0.4, -0.2) is 18.2 Å². The Hall–Kier alpha value is -1.62. The number of hydrogen-bond donors (Lipinski definition) is 2.